The molecule has 1 aromatic rings. The Morgan fingerprint density at radius 1 is 1.32 bits per heavy atom. The number of methoxy groups -OCH3 is 1. The highest BCUT2D eigenvalue weighted by Gasteiger charge is 2.27. The number of hydrogen-bond acceptors (Lipinski definition) is 4. The lowest BCUT2D eigenvalue weighted by Crippen LogP contribution is -2.47. The first-order valence-electron chi connectivity index (χ1n) is 9.90. The number of ether oxygens (including phenoxy) is 1. The van der Waals surface area contributed by atoms with E-state index in [9.17, 15) is 4.79 Å². The van der Waals surface area contributed by atoms with Crippen LogP contribution in [0.15, 0.2) is 35.3 Å². The van der Waals surface area contributed by atoms with Crippen LogP contribution in [-0.2, 0) is 16.1 Å². The van der Waals surface area contributed by atoms with Crippen molar-refractivity contribution in [3.05, 3.63) is 35.9 Å². The van der Waals surface area contributed by atoms with E-state index in [1.165, 1.54) is 12.7 Å². The Hall–Kier alpha value is -1.35. The van der Waals surface area contributed by atoms with Crippen molar-refractivity contribution in [3.8, 4) is 0 Å². The molecule has 1 saturated heterocycles. The number of aliphatic imine (C=N–C) groups is 1. The molecule has 0 aliphatic carbocycles. The highest BCUT2D eigenvalue weighted by Crippen LogP contribution is 2.18. The highest BCUT2D eigenvalue weighted by molar-refractivity contribution is 14.0. The molecule has 1 atom stereocenters. The minimum Gasteiger partial charge on any atom is -0.469 e. The Morgan fingerprint density at radius 2 is 1.96 bits per heavy atom. The monoisotopic (exact) mass is 502 g/mol. The van der Waals surface area contributed by atoms with Gasteiger partial charge in [0.15, 0.2) is 5.96 Å². The van der Waals surface area contributed by atoms with Gasteiger partial charge in [-0.3, -0.25) is 14.7 Å². The summed E-state index contributed by atoms with van der Waals surface area (Å²) in [5.41, 5.74) is 1.31. The molecule has 0 aromatic heterocycles. The number of piperidine rings is 1. The fourth-order valence-electron chi connectivity index (χ4n) is 3.30. The third-order valence-corrected chi connectivity index (χ3v) is 5.20. The van der Waals surface area contributed by atoms with Crippen molar-refractivity contribution in [2.75, 3.05) is 40.3 Å². The fraction of sp³-hybridized carbons (Fsp3) is 0.619. The van der Waals surface area contributed by atoms with E-state index in [0.29, 0.717) is 6.04 Å². The summed E-state index contributed by atoms with van der Waals surface area (Å²) < 4.78 is 4.88. The molecule has 28 heavy (non-hydrogen) atoms. The van der Waals surface area contributed by atoms with Crippen molar-refractivity contribution in [1.82, 2.24) is 15.1 Å². The van der Waals surface area contributed by atoms with Gasteiger partial charge in [-0.15, -0.1) is 24.0 Å². The average molecular weight is 502 g/mol. The van der Waals surface area contributed by atoms with Gasteiger partial charge in [0, 0.05) is 32.2 Å². The van der Waals surface area contributed by atoms with Crippen LogP contribution >= 0.6 is 24.0 Å². The van der Waals surface area contributed by atoms with Crippen LogP contribution in [-0.4, -0.2) is 68.1 Å². The van der Waals surface area contributed by atoms with Gasteiger partial charge in [-0.1, -0.05) is 30.3 Å². The summed E-state index contributed by atoms with van der Waals surface area (Å²) in [6, 6.07) is 10.8. The number of halogens is 1. The summed E-state index contributed by atoms with van der Waals surface area (Å²) in [6.45, 7) is 8.45. The number of guanidine groups is 1. The minimum absolute atomic E-state index is 0. The zero-order chi connectivity index (χ0) is 19.6. The van der Waals surface area contributed by atoms with Crippen LogP contribution in [0.1, 0.15) is 32.3 Å². The quantitative estimate of drug-likeness (QED) is 0.269. The van der Waals surface area contributed by atoms with Gasteiger partial charge in [0.2, 0.25) is 0 Å². The number of likely N-dealkylation sites (N-methyl/N-ethyl adjacent to an activating group) is 1. The number of nitrogens with zero attached hydrogens (tertiary/aromatic N) is 3. The van der Waals surface area contributed by atoms with Crippen molar-refractivity contribution in [2.45, 2.75) is 39.3 Å². The van der Waals surface area contributed by atoms with Gasteiger partial charge in [0.1, 0.15) is 0 Å². The number of carbonyl (C=O) groups excluding carboxylic acids is 1. The van der Waals surface area contributed by atoms with Gasteiger partial charge in [-0.25, -0.2) is 0 Å². The third kappa shape index (κ3) is 7.58. The van der Waals surface area contributed by atoms with Gasteiger partial charge < -0.3 is 15.0 Å². The van der Waals surface area contributed by atoms with Gasteiger partial charge in [-0.2, -0.15) is 0 Å². The number of hydrogen-bond donors (Lipinski definition) is 1. The molecule has 0 amide bonds. The summed E-state index contributed by atoms with van der Waals surface area (Å²) in [7, 11) is 3.61. The maximum absolute atomic E-state index is 11.7. The molecular formula is C21H35IN4O2. The summed E-state index contributed by atoms with van der Waals surface area (Å²) in [5.74, 6) is 0.874. The molecule has 1 aliphatic heterocycles. The van der Waals surface area contributed by atoms with Crippen molar-refractivity contribution < 1.29 is 9.53 Å². The molecule has 1 unspecified atom stereocenters. The Kier molecular flexibility index (Phi) is 11.4. The Labute approximate surface area is 186 Å². The predicted octanol–water partition coefficient (Wildman–Crippen LogP) is 2.98. The largest absolute Gasteiger partial charge is 0.469 e. The van der Waals surface area contributed by atoms with Gasteiger partial charge in [-0.05, 0) is 39.3 Å². The molecule has 0 radical (unpaired) electrons. The van der Waals surface area contributed by atoms with E-state index >= 15 is 0 Å². The Bertz CT molecular complexity index is 604. The van der Waals surface area contributed by atoms with Crippen LogP contribution in [0.25, 0.3) is 0 Å². The molecule has 158 valence electrons. The van der Waals surface area contributed by atoms with Crippen LogP contribution in [0.2, 0.25) is 0 Å². The molecule has 1 heterocycles. The average Bonchev–Trinajstić information content (AvgIpc) is 2.71. The first-order chi connectivity index (χ1) is 13.0. The normalized spacial score (nSPS) is 16.5. The van der Waals surface area contributed by atoms with Crippen LogP contribution in [0, 0.1) is 5.92 Å². The molecule has 2 rings (SSSR count). The summed E-state index contributed by atoms with van der Waals surface area (Å²) >= 11 is 0. The molecule has 0 spiro atoms. The van der Waals surface area contributed by atoms with Crippen molar-refractivity contribution in [2.24, 2.45) is 10.9 Å². The van der Waals surface area contributed by atoms with Gasteiger partial charge in [0.25, 0.3) is 0 Å². The summed E-state index contributed by atoms with van der Waals surface area (Å²) in [6.07, 6.45) is 1.64. The maximum atomic E-state index is 11.7. The molecule has 1 aromatic carbocycles. The standard InChI is InChI=1S/C21H34N4O2.HI/c1-5-22-21(25-13-11-19(12-14-25)20(26)27-4)23-15-17(2)24(3)16-18-9-7-6-8-10-18;/h6-10,17,19H,5,11-16H2,1-4H3,(H,22,23);1H. The number of esters is 1. The van der Waals surface area contributed by atoms with Crippen molar-refractivity contribution >= 4 is 35.9 Å². The fourth-order valence-corrected chi connectivity index (χ4v) is 3.30. The van der Waals surface area contributed by atoms with E-state index in [1.54, 1.807) is 0 Å². The lowest BCUT2D eigenvalue weighted by molar-refractivity contribution is -0.146. The Balaban J connectivity index is 0.00000392. The van der Waals surface area contributed by atoms with E-state index in [-0.39, 0.29) is 35.9 Å². The van der Waals surface area contributed by atoms with E-state index < -0.39 is 0 Å². The van der Waals surface area contributed by atoms with E-state index in [4.69, 9.17) is 9.73 Å². The molecule has 1 aliphatic rings. The first-order valence-corrected chi connectivity index (χ1v) is 9.90. The predicted molar refractivity (Wildman–Crippen MR) is 125 cm³/mol. The number of rotatable bonds is 7. The third-order valence-electron chi connectivity index (χ3n) is 5.20. The number of nitrogens with one attached hydrogen (secondary N) is 1. The zero-order valence-electron chi connectivity index (χ0n) is 17.6. The number of benzene rings is 1. The van der Waals surface area contributed by atoms with E-state index in [0.717, 1.165) is 51.5 Å². The second kappa shape index (κ2) is 13.0. The van der Waals surface area contributed by atoms with Crippen LogP contribution in [0.3, 0.4) is 0 Å². The molecule has 1 N–H and O–H groups in total. The second-order valence-electron chi connectivity index (χ2n) is 7.23. The first kappa shape index (κ1) is 24.7. The summed E-state index contributed by atoms with van der Waals surface area (Å²) in [4.78, 5) is 21.2. The van der Waals surface area contributed by atoms with E-state index in [2.05, 4.69) is 60.3 Å². The highest BCUT2D eigenvalue weighted by atomic mass is 127. The van der Waals surface area contributed by atoms with Crippen molar-refractivity contribution in [1.29, 1.82) is 0 Å². The summed E-state index contributed by atoms with van der Waals surface area (Å²) in [5, 5.41) is 3.40. The SMILES string of the molecule is CCNC(=NCC(C)N(C)Cc1ccccc1)N1CCC(C(=O)OC)CC1.I. The smallest absolute Gasteiger partial charge is 0.308 e. The topological polar surface area (TPSA) is 57.2 Å². The molecule has 6 nitrogen and oxygen atoms in total. The molecule has 0 bridgehead atoms. The molecule has 1 fully saturated rings. The molecule has 7 heteroatoms. The van der Waals surface area contributed by atoms with E-state index in [1.807, 2.05) is 6.07 Å². The van der Waals surface area contributed by atoms with Crippen LogP contribution in [0.5, 0.6) is 0 Å². The lowest BCUT2D eigenvalue weighted by Gasteiger charge is -2.33. The van der Waals surface area contributed by atoms with Crippen LogP contribution in [0.4, 0.5) is 0 Å². The molecular weight excluding hydrogens is 467 g/mol. The maximum Gasteiger partial charge on any atom is 0.308 e. The molecule has 0 saturated carbocycles. The second-order valence-corrected chi connectivity index (χ2v) is 7.23. The Morgan fingerprint density at radius 3 is 2.54 bits per heavy atom. The van der Waals surface area contributed by atoms with Crippen LogP contribution < -0.4 is 5.32 Å². The minimum atomic E-state index is -0.0900. The number of likely N-dealkylation sites (tertiary alicyclic amines) is 1. The zero-order valence-corrected chi connectivity index (χ0v) is 19.9. The van der Waals surface area contributed by atoms with Crippen molar-refractivity contribution in [3.63, 3.8) is 0 Å². The van der Waals surface area contributed by atoms with Gasteiger partial charge in [0.05, 0.1) is 19.6 Å². The van der Waals surface area contributed by atoms with Gasteiger partial charge >= 0.3 is 5.97 Å². The lowest BCUT2D eigenvalue weighted by atomic mass is 9.97. The number of carbonyl (C=O) groups is 1.